The first-order valence-electron chi connectivity index (χ1n) is 9.72. The molecule has 3 rings (SSSR count). The highest BCUT2D eigenvalue weighted by atomic mass is 16.2. The summed E-state index contributed by atoms with van der Waals surface area (Å²) in [6.07, 6.45) is 1.59. The lowest BCUT2D eigenvalue weighted by molar-refractivity contribution is -0.129. The molecule has 0 radical (unpaired) electrons. The van der Waals surface area contributed by atoms with Gasteiger partial charge in [0, 0.05) is 5.69 Å². The minimum atomic E-state index is -0.520. The molecule has 2 amide bonds. The molecule has 1 fully saturated rings. The summed E-state index contributed by atoms with van der Waals surface area (Å²) in [5, 5.41) is 3.04. The lowest BCUT2D eigenvalue weighted by Crippen LogP contribution is -2.48. The van der Waals surface area contributed by atoms with Gasteiger partial charge in [-0.15, -0.1) is 0 Å². The molecule has 3 N–H and O–H groups in total. The predicted octanol–water partition coefficient (Wildman–Crippen LogP) is 3.58. The van der Waals surface area contributed by atoms with Crippen LogP contribution in [0.1, 0.15) is 50.3 Å². The van der Waals surface area contributed by atoms with E-state index in [0.29, 0.717) is 0 Å². The maximum atomic E-state index is 12.7. The number of hydrogen-bond acceptors (Lipinski definition) is 3. The molecule has 0 bridgehead atoms. The van der Waals surface area contributed by atoms with Crippen LogP contribution in [0, 0.1) is 6.92 Å². The van der Waals surface area contributed by atoms with Gasteiger partial charge in [-0.05, 0) is 48.4 Å². The highest BCUT2D eigenvalue weighted by Gasteiger charge is 2.51. The third-order valence-corrected chi connectivity index (χ3v) is 5.31. The second-order valence-electron chi connectivity index (χ2n) is 8.63. The number of benzene rings is 2. The van der Waals surface area contributed by atoms with Crippen molar-refractivity contribution >= 4 is 17.5 Å². The molecule has 1 aliphatic rings. The van der Waals surface area contributed by atoms with Gasteiger partial charge in [-0.3, -0.25) is 20.4 Å². The molecule has 5 heteroatoms. The molecular weight excluding hydrogens is 350 g/mol. The molecule has 0 unspecified atom stereocenters. The molecule has 0 aliphatic heterocycles. The van der Waals surface area contributed by atoms with E-state index in [1.54, 1.807) is 0 Å². The highest BCUT2D eigenvalue weighted by molar-refractivity contribution is 5.93. The van der Waals surface area contributed by atoms with Crippen LogP contribution in [0.2, 0.25) is 0 Å². The Hall–Kier alpha value is -2.82. The smallest absolute Gasteiger partial charge is 0.257 e. The Morgan fingerprint density at radius 2 is 1.54 bits per heavy atom. The van der Waals surface area contributed by atoms with E-state index >= 15 is 0 Å². The van der Waals surface area contributed by atoms with Crippen LogP contribution >= 0.6 is 0 Å². The molecule has 28 heavy (non-hydrogen) atoms. The SMILES string of the molecule is Cc1ccc(NCC(=O)NNC(=O)C2(c3ccc(C(C)(C)C)cc3)CC2)cc1. The highest BCUT2D eigenvalue weighted by Crippen LogP contribution is 2.48. The summed E-state index contributed by atoms with van der Waals surface area (Å²) in [5.74, 6) is -0.437. The first-order valence-corrected chi connectivity index (χ1v) is 9.72. The van der Waals surface area contributed by atoms with Gasteiger partial charge in [-0.1, -0.05) is 62.7 Å². The van der Waals surface area contributed by atoms with E-state index in [9.17, 15) is 9.59 Å². The van der Waals surface area contributed by atoms with E-state index < -0.39 is 5.41 Å². The van der Waals surface area contributed by atoms with E-state index in [-0.39, 0.29) is 23.8 Å². The topological polar surface area (TPSA) is 70.2 Å². The van der Waals surface area contributed by atoms with Crippen molar-refractivity contribution in [3.8, 4) is 0 Å². The molecule has 2 aromatic rings. The molecule has 5 nitrogen and oxygen atoms in total. The van der Waals surface area contributed by atoms with Gasteiger partial charge in [0.2, 0.25) is 5.91 Å². The monoisotopic (exact) mass is 379 g/mol. The van der Waals surface area contributed by atoms with Crippen molar-refractivity contribution in [3.05, 3.63) is 65.2 Å². The Morgan fingerprint density at radius 3 is 2.07 bits per heavy atom. The van der Waals surface area contributed by atoms with Crippen LogP contribution in [0.3, 0.4) is 0 Å². The van der Waals surface area contributed by atoms with E-state index in [4.69, 9.17) is 0 Å². The van der Waals surface area contributed by atoms with E-state index in [1.807, 2.05) is 43.3 Å². The fourth-order valence-corrected chi connectivity index (χ4v) is 3.21. The molecular formula is C23H29N3O2. The summed E-state index contributed by atoms with van der Waals surface area (Å²) >= 11 is 0. The maximum absolute atomic E-state index is 12.7. The number of hydrogen-bond donors (Lipinski definition) is 3. The van der Waals surface area contributed by atoms with Gasteiger partial charge in [-0.25, -0.2) is 0 Å². The molecule has 1 aliphatic carbocycles. The number of carbonyl (C=O) groups excluding carboxylic acids is 2. The van der Waals surface area contributed by atoms with Crippen molar-refractivity contribution < 1.29 is 9.59 Å². The number of anilines is 1. The lowest BCUT2D eigenvalue weighted by Gasteiger charge is -2.21. The van der Waals surface area contributed by atoms with Crippen molar-refractivity contribution in [1.82, 2.24) is 10.9 Å². The zero-order valence-corrected chi connectivity index (χ0v) is 17.1. The van der Waals surface area contributed by atoms with Gasteiger partial charge in [-0.2, -0.15) is 0 Å². The average molecular weight is 380 g/mol. The fourth-order valence-electron chi connectivity index (χ4n) is 3.21. The summed E-state index contributed by atoms with van der Waals surface area (Å²) in [4.78, 5) is 24.7. The largest absolute Gasteiger partial charge is 0.376 e. The second-order valence-corrected chi connectivity index (χ2v) is 8.63. The summed E-state index contributed by atoms with van der Waals surface area (Å²) in [6.45, 7) is 8.61. The van der Waals surface area contributed by atoms with Crippen molar-refractivity contribution in [2.24, 2.45) is 0 Å². The Kier molecular flexibility index (Phi) is 5.45. The Balaban J connectivity index is 1.52. The van der Waals surface area contributed by atoms with Crippen molar-refractivity contribution in [2.75, 3.05) is 11.9 Å². The van der Waals surface area contributed by atoms with Crippen molar-refractivity contribution in [1.29, 1.82) is 0 Å². The van der Waals surface area contributed by atoms with Crippen molar-refractivity contribution in [2.45, 2.75) is 51.4 Å². The number of hydrazine groups is 1. The molecule has 0 heterocycles. The zero-order chi connectivity index (χ0) is 20.4. The number of nitrogens with one attached hydrogen (secondary N) is 3. The summed E-state index contributed by atoms with van der Waals surface area (Å²) < 4.78 is 0. The van der Waals surface area contributed by atoms with Crippen LogP contribution in [-0.4, -0.2) is 18.4 Å². The van der Waals surface area contributed by atoms with Crippen LogP contribution in [0.5, 0.6) is 0 Å². The quantitative estimate of drug-likeness (QED) is 0.696. The Labute approximate surface area is 166 Å². The minimum absolute atomic E-state index is 0.0793. The molecule has 1 saturated carbocycles. The molecule has 0 spiro atoms. The average Bonchev–Trinajstić information content (AvgIpc) is 3.47. The standard InChI is InChI=1S/C23H29N3O2/c1-16-5-11-19(12-6-16)24-15-20(27)25-26-21(28)23(13-14-23)18-9-7-17(8-10-18)22(2,3)4/h5-12,24H,13-15H2,1-4H3,(H,25,27)(H,26,28). The lowest BCUT2D eigenvalue weighted by atomic mass is 9.85. The number of aryl methyl sites for hydroxylation is 1. The number of carbonyl (C=O) groups is 2. The van der Waals surface area contributed by atoms with E-state index in [0.717, 1.165) is 29.7 Å². The van der Waals surface area contributed by atoms with Gasteiger partial charge in [0.15, 0.2) is 0 Å². The van der Waals surface area contributed by atoms with Gasteiger partial charge in [0.1, 0.15) is 0 Å². The summed E-state index contributed by atoms with van der Waals surface area (Å²) in [6, 6.07) is 16.0. The maximum Gasteiger partial charge on any atom is 0.257 e. The normalized spacial score (nSPS) is 14.9. The molecule has 0 saturated heterocycles. The third-order valence-electron chi connectivity index (χ3n) is 5.31. The Bertz CT molecular complexity index is 845. The van der Waals surface area contributed by atoms with Gasteiger partial charge in [0.05, 0.1) is 12.0 Å². The van der Waals surface area contributed by atoms with Gasteiger partial charge >= 0.3 is 0 Å². The Morgan fingerprint density at radius 1 is 0.929 bits per heavy atom. The second kappa shape index (κ2) is 7.66. The third kappa shape index (κ3) is 4.53. The van der Waals surface area contributed by atoms with Crippen molar-refractivity contribution in [3.63, 3.8) is 0 Å². The predicted molar refractivity (Wildman–Crippen MR) is 112 cm³/mol. The summed E-state index contributed by atoms with van der Waals surface area (Å²) in [5.41, 5.74) is 8.94. The first kappa shape index (κ1) is 19.9. The van der Waals surface area contributed by atoms with E-state index in [2.05, 4.69) is 49.1 Å². The molecule has 0 atom stereocenters. The van der Waals surface area contributed by atoms with Crippen LogP contribution in [0.25, 0.3) is 0 Å². The van der Waals surface area contributed by atoms with Crippen LogP contribution in [0.4, 0.5) is 5.69 Å². The molecule has 2 aromatic carbocycles. The molecule has 0 aromatic heterocycles. The van der Waals surface area contributed by atoms with Crippen LogP contribution in [-0.2, 0) is 20.4 Å². The summed E-state index contributed by atoms with van der Waals surface area (Å²) in [7, 11) is 0. The fraction of sp³-hybridized carbons (Fsp3) is 0.391. The van der Waals surface area contributed by atoms with E-state index in [1.165, 1.54) is 5.56 Å². The minimum Gasteiger partial charge on any atom is -0.376 e. The zero-order valence-electron chi connectivity index (χ0n) is 17.1. The number of amides is 2. The van der Waals surface area contributed by atoms with Crippen LogP contribution < -0.4 is 16.2 Å². The van der Waals surface area contributed by atoms with Gasteiger partial charge in [0.25, 0.3) is 5.91 Å². The van der Waals surface area contributed by atoms with Crippen LogP contribution in [0.15, 0.2) is 48.5 Å². The number of rotatable bonds is 5. The molecule has 148 valence electrons. The first-order chi connectivity index (χ1) is 13.2. The van der Waals surface area contributed by atoms with Gasteiger partial charge < -0.3 is 5.32 Å².